The van der Waals surface area contributed by atoms with E-state index in [2.05, 4.69) is 51.8 Å². The molecule has 0 saturated carbocycles. The molecule has 0 aromatic carbocycles. The third-order valence-corrected chi connectivity index (χ3v) is 2.27. The van der Waals surface area contributed by atoms with Crippen molar-refractivity contribution in [1.82, 2.24) is 0 Å². The molecule has 0 aromatic heterocycles. The minimum absolute atomic E-state index is 0.0949. The molecule has 1 aliphatic rings. The fraction of sp³-hybridized carbons (Fsp3) is 0.800. The Morgan fingerprint density at radius 3 is 1.42 bits per heavy atom. The molecule has 1 aliphatic heterocycles. The van der Waals surface area contributed by atoms with Crippen molar-refractivity contribution in [1.29, 1.82) is 0 Å². The lowest BCUT2D eigenvalue weighted by Crippen LogP contribution is -2.28. The third kappa shape index (κ3) is 1.30. The molecule has 1 heterocycles. The first-order chi connectivity index (χ1) is 5.27. The summed E-state index contributed by atoms with van der Waals surface area (Å²) in [5, 5.41) is 8.58. The Morgan fingerprint density at radius 2 is 1.25 bits per heavy atom. The lowest BCUT2D eigenvalue weighted by molar-refractivity contribution is 0.567. The maximum Gasteiger partial charge on any atom is 0.0995 e. The van der Waals surface area contributed by atoms with E-state index in [1.54, 1.807) is 0 Å². The van der Waals surface area contributed by atoms with E-state index in [-0.39, 0.29) is 11.1 Å². The van der Waals surface area contributed by atoms with E-state index in [0.717, 1.165) is 0 Å². The van der Waals surface area contributed by atoms with Gasteiger partial charge in [-0.3, -0.25) is 0 Å². The van der Waals surface area contributed by atoms with Crippen molar-refractivity contribution >= 4 is 0 Å². The summed E-state index contributed by atoms with van der Waals surface area (Å²) in [7, 11) is 0. The zero-order chi connectivity index (χ0) is 9.57. The Bertz CT molecular complexity index is 233. The van der Waals surface area contributed by atoms with Gasteiger partial charge >= 0.3 is 0 Å². The zero-order valence-electron chi connectivity index (χ0n) is 8.89. The van der Waals surface area contributed by atoms with Gasteiger partial charge in [0.1, 0.15) is 0 Å². The molecule has 0 amide bonds. The minimum Gasteiger partial charge on any atom is -0.183 e. The molecular formula is C10H18N2. The molecule has 0 spiro atoms. The van der Waals surface area contributed by atoms with Gasteiger partial charge in [0, 0.05) is 0 Å². The summed E-state index contributed by atoms with van der Waals surface area (Å²) in [4.78, 5) is 0. The maximum absolute atomic E-state index is 4.29. The monoisotopic (exact) mass is 166 g/mol. The summed E-state index contributed by atoms with van der Waals surface area (Å²) >= 11 is 0. The molecule has 0 aliphatic carbocycles. The first-order valence-corrected chi connectivity index (χ1v) is 4.40. The fourth-order valence-corrected chi connectivity index (χ4v) is 2.32. The van der Waals surface area contributed by atoms with E-state index in [9.17, 15) is 0 Å². The minimum atomic E-state index is -0.0949. The molecule has 0 radical (unpaired) electrons. The van der Waals surface area contributed by atoms with E-state index in [4.69, 9.17) is 0 Å². The van der Waals surface area contributed by atoms with Gasteiger partial charge in [-0.25, -0.2) is 0 Å². The van der Waals surface area contributed by atoms with Gasteiger partial charge in [-0.1, -0.05) is 5.57 Å². The van der Waals surface area contributed by atoms with Crippen molar-refractivity contribution in [3.8, 4) is 0 Å². The van der Waals surface area contributed by atoms with E-state index >= 15 is 0 Å². The highest BCUT2D eigenvalue weighted by atomic mass is 15.2. The van der Waals surface area contributed by atoms with Crippen LogP contribution in [0.5, 0.6) is 0 Å². The van der Waals surface area contributed by atoms with Gasteiger partial charge in [-0.15, -0.1) is 0 Å². The lowest BCUT2D eigenvalue weighted by Gasteiger charge is -2.25. The fourth-order valence-electron chi connectivity index (χ4n) is 2.32. The SMILES string of the molecule is CC(C)=C1C(C)(C)N=NC1(C)C. The molecule has 0 fully saturated rings. The highest BCUT2D eigenvalue weighted by Gasteiger charge is 2.41. The van der Waals surface area contributed by atoms with Crippen molar-refractivity contribution in [2.75, 3.05) is 0 Å². The third-order valence-electron chi connectivity index (χ3n) is 2.27. The molecule has 1 rings (SSSR count). The number of hydrogen-bond donors (Lipinski definition) is 0. The smallest absolute Gasteiger partial charge is 0.0995 e. The highest BCUT2D eigenvalue weighted by molar-refractivity contribution is 5.34. The predicted octanol–water partition coefficient (Wildman–Crippen LogP) is 3.35. The van der Waals surface area contributed by atoms with Crippen LogP contribution in [-0.4, -0.2) is 11.1 Å². The van der Waals surface area contributed by atoms with Crippen LogP contribution < -0.4 is 0 Å². The number of nitrogens with zero attached hydrogens (tertiary/aromatic N) is 2. The van der Waals surface area contributed by atoms with Gasteiger partial charge in [0.25, 0.3) is 0 Å². The second-order valence-corrected chi connectivity index (χ2v) is 4.69. The van der Waals surface area contributed by atoms with Crippen molar-refractivity contribution < 1.29 is 0 Å². The van der Waals surface area contributed by atoms with Crippen LogP contribution in [0.15, 0.2) is 21.4 Å². The first kappa shape index (κ1) is 9.43. The Kier molecular flexibility index (Phi) is 1.89. The lowest BCUT2D eigenvalue weighted by atomic mass is 9.81. The van der Waals surface area contributed by atoms with E-state index in [0.29, 0.717) is 0 Å². The maximum atomic E-state index is 4.29. The molecule has 0 unspecified atom stereocenters. The Balaban J connectivity index is 3.23. The predicted molar refractivity (Wildman–Crippen MR) is 51.4 cm³/mol. The van der Waals surface area contributed by atoms with Gasteiger partial charge in [0.15, 0.2) is 0 Å². The van der Waals surface area contributed by atoms with Gasteiger partial charge in [-0.05, 0) is 47.1 Å². The van der Waals surface area contributed by atoms with Crippen LogP contribution in [0.4, 0.5) is 0 Å². The van der Waals surface area contributed by atoms with Crippen LogP contribution in [0.1, 0.15) is 41.5 Å². The molecular weight excluding hydrogens is 148 g/mol. The second-order valence-electron chi connectivity index (χ2n) is 4.69. The normalized spacial score (nSPS) is 24.7. The van der Waals surface area contributed by atoms with E-state index < -0.39 is 0 Å². The van der Waals surface area contributed by atoms with Crippen LogP contribution >= 0.6 is 0 Å². The van der Waals surface area contributed by atoms with Crippen LogP contribution in [0.3, 0.4) is 0 Å². The summed E-state index contributed by atoms with van der Waals surface area (Å²) in [6, 6.07) is 0. The van der Waals surface area contributed by atoms with Crippen molar-refractivity contribution in [3.05, 3.63) is 11.1 Å². The van der Waals surface area contributed by atoms with Crippen molar-refractivity contribution in [3.63, 3.8) is 0 Å². The summed E-state index contributed by atoms with van der Waals surface area (Å²) in [5.41, 5.74) is 2.51. The van der Waals surface area contributed by atoms with Gasteiger partial charge in [0.2, 0.25) is 0 Å². The zero-order valence-corrected chi connectivity index (χ0v) is 8.89. The van der Waals surface area contributed by atoms with Crippen LogP contribution in [0.25, 0.3) is 0 Å². The highest BCUT2D eigenvalue weighted by Crippen LogP contribution is 2.41. The standard InChI is InChI=1S/C10H18N2/c1-7(2)8-9(3,4)11-12-10(8,5)6/h1-6H3. The Morgan fingerprint density at radius 1 is 0.917 bits per heavy atom. The molecule has 0 N–H and O–H groups in total. The van der Waals surface area contributed by atoms with Gasteiger partial charge in [0.05, 0.1) is 11.1 Å². The molecule has 0 atom stereocenters. The number of allylic oxidation sites excluding steroid dienone is 1. The summed E-state index contributed by atoms with van der Waals surface area (Å²) in [6.07, 6.45) is 0. The van der Waals surface area contributed by atoms with E-state index in [1.165, 1.54) is 11.1 Å². The second kappa shape index (κ2) is 2.41. The van der Waals surface area contributed by atoms with Crippen molar-refractivity contribution in [2.45, 2.75) is 52.6 Å². The summed E-state index contributed by atoms with van der Waals surface area (Å²) in [6.45, 7) is 12.7. The number of azo groups is 1. The van der Waals surface area contributed by atoms with Crippen LogP contribution in [0, 0.1) is 0 Å². The van der Waals surface area contributed by atoms with E-state index in [1.807, 2.05) is 0 Å². The largest absolute Gasteiger partial charge is 0.183 e. The number of rotatable bonds is 0. The molecule has 12 heavy (non-hydrogen) atoms. The molecule has 0 bridgehead atoms. The molecule has 68 valence electrons. The summed E-state index contributed by atoms with van der Waals surface area (Å²) < 4.78 is 0. The topological polar surface area (TPSA) is 24.7 Å². The summed E-state index contributed by atoms with van der Waals surface area (Å²) in [5.74, 6) is 0. The average Bonchev–Trinajstić information content (AvgIpc) is 2.01. The number of hydrogen-bond acceptors (Lipinski definition) is 2. The molecule has 2 nitrogen and oxygen atoms in total. The Hall–Kier alpha value is -0.660. The van der Waals surface area contributed by atoms with Crippen molar-refractivity contribution in [2.24, 2.45) is 10.2 Å². The molecule has 2 heteroatoms. The first-order valence-electron chi connectivity index (χ1n) is 4.40. The molecule has 0 aromatic rings. The Labute approximate surface area is 74.8 Å². The quantitative estimate of drug-likeness (QED) is 0.493. The van der Waals surface area contributed by atoms with Gasteiger partial charge in [-0.2, -0.15) is 10.2 Å². The van der Waals surface area contributed by atoms with Gasteiger partial charge < -0.3 is 0 Å². The average molecular weight is 166 g/mol. The molecule has 0 saturated heterocycles. The van der Waals surface area contributed by atoms with Crippen LogP contribution in [0.2, 0.25) is 0 Å². The van der Waals surface area contributed by atoms with Crippen LogP contribution in [-0.2, 0) is 0 Å².